The molecule has 84 valence electrons. The summed E-state index contributed by atoms with van der Waals surface area (Å²) in [5.74, 6) is 1.54. The van der Waals surface area contributed by atoms with Crippen molar-refractivity contribution >= 4 is 0 Å². The van der Waals surface area contributed by atoms with E-state index >= 15 is 0 Å². The summed E-state index contributed by atoms with van der Waals surface area (Å²) < 4.78 is 5.57. The minimum Gasteiger partial charge on any atom is -0.380 e. The molecule has 0 aromatic rings. The molecule has 0 aromatic heterocycles. The van der Waals surface area contributed by atoms with E-state index in [2.05, 4.69) is 26.2 Å². The Balaban J connectivity index is 2.40. The van der Waals surface area contributed by atoms with E-state index in [1.807, 2.05) is 7.11 Å². The number of likely N-dealkylation sites (N-methyl/N-ethyl adjacent to an activating group) is 1. The van der Waals surface area contributed by atoms with Gasteiger partial charge in [0.05, 0.1) is 6.10 Å². The highest BCUT2D eigenvalue weighted by molar-refractivity contribution is 4.83. The summed E-state index contributed by atoms with van der Waals surface area (Å²) in [5, 5.41) is 3.41. The summed E-state index contributed by atoms with van der Waals surface area (Å²) >= 11 is 0. The number of ether oxygens (including phenoxy) is 1. The summed E-state index contributed by atoms with van der Waals surface area (Å²) in [6.45, 7) is 4.47. The minimum absolute atomic E-state index is 0.362. The van der Waals surface area contributed by atoms with Crippen LogP contribution in [-0.4, -0.2) is 26.3 Å². The first kappa shape index (κ1) is 12.0. The highest BCUT2D eigenvalue weighted by Gasteiger charge is 2.28. The Morgan fingerprint density at radius 3 is 2.29 bits per heavy atom. The van der Waals surface area contributed by atoms with E-state index in [4.69, 9.17) is 4.74 Å². The minimum atomic E-state index is 0.362. The molecule has 0 heterocycles. The van der Waals surface area contributed by atoms with Crippen molar-refractivity contribution in [2.75, 3.05) is 14.2 Å². The van der Waals surface area contributed by atoms with Gasteiger partial charge in [-0.3, -0.25) is 0 Å². The largest absolute Gasteiger partial charge is 0.380 e. The van der Waals surface area contributed by atoms with Gasteiger partial charge in [0, 0.05) is 13.2 Å². The Morgan fingerprint density at radius 1 is 1.36 bits per heavy atom. The van der Waals surface area contributed by atoms with Gasteiger partial charge in [0.2, 0.25) is 0 Å². The van der Waals surface area contributed by atoms with Crippen LogP contribution in [0.25, 0.3) is 0 Å². The average Bonchev–Trinajstić information content (AvgIpc) is 2.08. The van der Waals surface area contributed by atoms with E-state index in [1.54, 1.807) is 0 Å². The molecule has 1 aliphatic carbocycles. The molecule has 1 fully saturated rings. The van der Waals surface area contributed by atoms with Gasteiger partial charge in [-0.25, -0.2) is 0 Å². The molecular weight excluding hydrogens is 174 g/mol. The van der Waals surface area contributed by atoms with Crippen LogP contribution in [0.3, 0.4) is 0 Å². The van der Waals surface area contributed by atoms with Crippen LogP contribution < -0.4 is 5.32 Å². The van der Waals surface area contributed by atoms with Crippen LogP contribution in [0.15, 0.2) is 0 Å². The molecule has 0 radical (unpaired) electrons. The van der Waals surface area contributed by atoms with Crippen molar-refractivity contribution < 1.29 is 4.74 Å². The lowest BCUT2D eigenvalue weighted by molar-refractivity contribution is 0.0238. The summed E-state index contributed by atoms with van der Waals surface area (Å²) in [7, 11) is 3.88. The van der Waals surface area contributed by atoms with Gasteiger partial charge >= 0.3 is 0 Å². The fourth-order valence-corrected chi connectivity index (χ4v) is 2.40. The molecule has 0 aliphatic heterocycles. The lowest BCUT2D eigenvalue weighted by atomic mass is 9.79. The van der Waals surface area contributed by atoms with Crippen molar-refractivity contribution in [1.29, 1.82) is 0 Å². The van der Waals surface area contributed by atoms with Crippen molar-refractivity contribution in [1.82, 2.24) is 5.32 Å². The third-order valence-electron chi connectivity index (χ3n) is 3.51. The zero-order valence-electron chi connectivity index (χ0n) is 10.0. The summed E-state index contributed by atoms with van der Waals surface area (Å²) in [6, 6.07) is 0.533. The molecule has 1 saturated carbocycles. The number of nitrogens with one attached hydrogen (secondary N) is 1. The molecule has 14 heavy (non-hydrogen) atoms. The standard InChI is InChI=1S/C12H25NO/c1-9(2)12(14-4)11(13-3)8-10-6-5-7-10/h9-13H,5-8H2,1-4H3. The molecule has 1 rings (SSSR count). The monoisotopic (exact) mass is 199 g/mol. The molecule has 1 aliphatic rings. The van der Waals surface area contributed by atoms with Crippen LogP contribution in [0.2, 0.25) is 0 Å². The zero-order chi connectivity index (χ0) is 10.6. The van der Waals surface area contributed by atoms with E-state index in [-0.39, 0.29) is 0 Å². The quantitative estimate of drug-likeness (QED) is 0.709. The van der Waals surface area contributed by atoms with E-state index in [0.717, 1.165) is 5.92 Å². The third kappa shape index (κ3) is 2.96. The summed E-state index contributed by atoms with van der Waals surface area (Å²) in [4.78, 5) is 0. The maximum Gasteiger partial charge on any atom is 0.0747 e. The molecule has 2 heteroatoms. The van der Waals surface area contributed by atoms with E-state index in [9.17, 15) is 0 Å². The molecule has 0 amide bonds. The number of hydrogen-bond donors (Lipinski definition) is 1. The Kier molecular flexibility index (Phi) is 4.90. The van der Waals surface area contributed by atoms with E-state index in [1.165, 1.54) is 25.7 Å². The highest BCUT2D eigenvalue weighted by Crippen LogP contribution is 2.32. The van der Waals surface area contributed by atoms with E-state index in [0.29, 0.717) is 18.1 Å². The first-order valence-corrected chi connectivity index (χ1v) is 5.89. The molecule has 1 N–H and O–H groups in total. The van der Waals surface area contributed by atoms with Crippen LogP contribution in [0.1, 0.15) is 39.5 Å². The fraction of sp³-hybridized carbons (Fsp3) is 1.00. The van der Waals surface area contributed by atoms with Gasteiger partial charge in [-0.1, -0.05) is 33.1 Å². The third-order valence-corrected chi connectivity index (χ3v) is 3.51. The maximum absolute atomic E-state index is 5.57. The second kappa shape index (κ2) is 5.72. The van der Waals surface area contributed by atoms with Gasteiger partial charge in [-0.15, -0.1) is 0 Å². The summed E-state index contributed by atoms with van der Waals surface area (Å²) in [6.07, 6.45) is 5.92. The van der Waals surface area contributed by atoms with Gasteiger partial charge in [0.15, 0.2) is 0 Å². The van der Waals surface area contributed by atoms with Crippen molar-refractivity contribution in [3.05, 3.63) is 0 Å². The highest BCUT2D eigenvalue weighted by atomic mass is 16.5. The van der Waals surface area contributed by atoms with Crippen LogP contribution in [0.4, 0.5) is 0 Å². The molecule has 0 aromatic carbocycles. The number of rotatable bonds is 6. The van der Waals surface area contributed by atoms with E-state index < -0.39 is 0 Å². The smallest absolute Gasteiger partial charge is 0.0747 e. The Morgan fingerprint density at radius 2 is 2.00 bits per heavy atom. The predicted octanol–water partition coefficient (Wildman–Crippen LogP) is 2.44. The SMILES string of the molecule is CNC(CC1CCC1)C(OC)C(C)C. The van der Waals surface area contributed by atoms with Crippen molar-refractivity contribution in [3.63, 3.8) is 0 Å². The fourth-order valence-electron chi connectivity index (χ4n) is 2.40. The van der Waals surface area contributed by atoms with Crippen molar-refractivity contribution in [2.45, 2.75) is 51.7 Å². The first-order valence-electron chi connectivity index (χ1n) is 5.89. The number of hydrogen-bond acceptors (Lipinski definition) is 2. The molecule has 0 saturated heterocycles. The molecular formula is C12H25NO. The molecule has 2 unspecified atom stereocenters. The molecule has 0 bridgehead atoms. The second-order valence-corrected chi connectivity index (χ2v) is 4.87. The van der Waals surface area contributed by atoms with Gasteiger partial charge < -0.3 is 10.1 Å². The first-order chi connectivity index (χ1) is 6.69. The molecule has 2 atom stereocenters. The van der Waals surface area contributed by atoms with Crippen LogP contribution in [0, 0.1) is 11.8 Å². The van der Waals surface area contributed by atoms with Crippen molar-refractivity contribution in [2.24, 2.45) is 11.8 Å². The zero-order valence-corrected chi connectivity index (χ0v) is 10.0. The second-order valence-electron chi connectivity index (χ2n) is 4.87. The lowest BCUT2D eigenvalue weighted by Crippen LogP contribution is -2.44. The normalized spacial score (nSPS) is 22.1. The van der Waals surface area contributed by atoms with Gasteiger partial charge in [0.25, 0.3) is 0 Å². The topological polar surface area (TPSA) is 21.3 Å². The van der Waals surface area contributed by atoms with Crippen LogP contribution >= 0.6 is 0 Å². The van der Waals surface area contributed by atoms with Crippen LogP contribution in [-0.2, 0) is 4.74 Å². The average molecular weight is 199 g/mol. The Bertz CT molecular complexity index is 154. The maximum atomic E-state index is 5.57. The van der Waals surface area contributed by atoms with Crippen molar-refractivity contribution in [3.8, 4) is 0 Å². The van der Waals surface area contributed by atoms with Gasteiger partial charge in [-0.2, -0.15) is 0 Å². The van der Waals surface area contributed by atoms with Gasteiger partial charge in [-0.05, 0) is 25.3 Å². The molecule has 0 spiro atoms. The Labute approximate surface area is 88.4 Å². The lowest BCUT2D eigenvalue weighted by Gasteiger charge is -2.34. The number of methoxy groups -OCH3 is 1. The Hall–Kier alpha value is -0.0800. The van der Waals surface area contributed by atoms with Gasteiger partial charge in [0.1, 0.15) is 0 Å². The predicted molar refractivity (Wildman–Crippen MR) is 60.4 cm³/mol. The summed E-state index contributed by atoms with van der Waals surface area (Å²) in [5.41, 5.74) is 0. The molecule has 2 nitrogen and oxygen atoms in total. The van der Waals surface area contributed by atoms with Crippen LogP contribution in [0.5, 0.6) is 0 Å².